The Morgan fingerprint density at radius 3 is 2.33 bits per heavy atom. The normalized spacial score (nSPS) is 19.9. The second kappa shape index (κ2) is 18.8. The molecule has 342 valence electrons. The number of methoxy groups -OCH3 is 2. The van der Waals surface area contributed by atoms with Crippen molar-refractivity contribution in [3.05, 3.63) is 48.2 Å². The van der Waals surface area contributed by atoms with Gasteiger partial charge in [-0.25, -0.2) is 9.78 Å². The van der Waals surface area contributed by atoms with Gasteiger partial charge in [0.1, 0.15) is 17.2 Å². The second-order valence-corrected chi connectivity index (χ2v) is 16.9. The number of piperazine rings is 1. The Kier molecular flexibility index (Phi) is 13.0. The molecule has 4 aliphatic heterocycles. The molecule has 8 rings (SSSR count). The largest absolute Gasteiger partial charge is 0.495 e. The topological polar surface area (TPSA) is 185 Å². The number of hydrogen-bond acceptors (Lipinski definition) is 13. The number of carbonyl (C=O) groups excluding carboxylic acids is 5. The van der Waals surface area contributed by atoms with Crippen LogP contribution >= 0.6 is 0 Å². The highest BCUT2D eigenvalue weighted by molar-refractivity contribution is 6.06. The fourth-order valence-corrected chi connectivity index (χ4v) is 9.22. The van der Waals surface area contributed by atoms with E-state index in [1.165, 1.54) is 25.3 Å². The fourth-order valence-electron chi connectivity index (χ4n) is 9.22. The van der Waals surface area contributed by atoms with Crippen LogP contribution in [0.2, 0.25) is 0 Å². The molecule has 0 unspecified atom stereocenters. The summed E-state index contributed by atoms with van der Waals surface area (Å²) in [5.74, 6) is -4.09. The zero-order valence-electron chi connectivity index (χ0n) is 36.4. The molecule has 3 aromatic rings. The Balaban J connectivity index is 0.798. The molecule has 5 aliphatic rings. The van der Waals surface area contributed by atoms with Gasteiger partial charge in [0.2, 0.25) is 17.8 Å². The minimum atomic E-state index is -3.59. The number of likely N-dealkylation sites (tertiary alicyclic amines) is 1. The van der Waals surface area contributed by atoms with Crippen molar-refractivity contribution in [1.82, 2.24) is 30.4 Å². The van der Waals surface area contributed by atoms with E-state index in [4.69, 9.17) is 9.47 Å². The third-order valence-corrected chi connectivity index (χ3v) is 12.9. The number of amides is 6. The summed E-state index contributed by atoms with van der Waals surface area (Å²) in [5, 5.41) is 8.56. The SMILES string of the molecule is COc1cc(C(=O)NC2CCN(C(=O)CCN3CCN(c4ccc(N5CCC(=O)NC5=O)c(OC)c4)CC3)CC2)ccc1Nc1ncc2c(n1)N(C1CCCC1)CC(F)(F)C(=O)N2C. The summed E-state index contributed by atoms with van der Waals surface area (Å²) >= 11 is 0. The Morgan fingerprint density at radius 1 is 0.891 bits per heavy atom. The molecule has 0 atom stereocenters. The third kappa shape index (κ3) is 9.46. The number of carbonyl (C=O) groups is 5. The molecule has 5 heterocycles. The van der Waals surface area contributed by atoms with E-state index in [0.717, 1.165) is 62.4 Å². The number of fused-ring (bicyclic) bond motifs is 1. The van der Waals surface area contributed by atoms with Crippen molar-refractivity contribution >= 4 is 64.2 Å². The van der Waals surface area contributed by atoms with Crippen molar-refractivity contribution in [3.63, 3.8) is 0 Å². The highest BCUT2D eigenvalue weighted by Crippen LogP contribution is 2.40. The Labute approximate surface area is 370 Å². The number of urea groups is 1. The number of nitrogens with zero attached hydrogens (tertiary/aromatic N) is 8. The second-order valence-electron chi connectivity index (χ2n) is 16.9. The first-order chi connectivity index (χ1) is 30.8. The molecule has 1 saturated carbocycles. The molecule has 2 aromatic carbocycles. The van der Waals surface area contributed by atoms with E-state index in [-0.39, 0.29) is 60.2 Å². The molecule has 6 amide bonds. The standard InChI is InChI=1S/C44H55F2N11O7/c1-52-34-26-47-42(51-39(34)57(30-6-4-5-7-30)27-44(45,46)41(52)61)49-32-10-8-28(24-35(32)63-2)40(60)48-29-12-17-55(18-13-29)38(59)15-16-53-20-22-54(23-21-53)31-9-11-33(36(25-31)64-3)56-19-14-37(58)50-43(56)62/h8-11,24-26,29-30H,4-7,12-23,27H2,1-3H3,(H,48,60)(H,47,49,51)(H,50,58,62). The van der Waals surface area contributed by atoms with Crippen molar-refractivity contribution < 1.29 is 42.2 Å². The van der Waals surface area contributed by atoms with E-state index in [9.17, 15) is 24.0 Å². The van der Waals surface area contributed by atoms with Gasteiger partial charge in [-0.2, -0.15) is 13.8 Å². The highest BCUT2D eigenvalue weighted by Gasteiger charge is 2.49. The van der Waals surface area contributed by atoms with E-state index in [1.807, 2.05) is 23.1 Å². The lowest BCUT2D eigenvalue weighted by atomic mass is 10.0. The first-order valence-electron chi connectivity index (χ1n) is 21.9. The van der Waals surface area contributed by atoms with Gasteiger partial charge in [-0.3, -0.25) is 34.3 Å². The van der Waals surface area contributed by atoms with Gasteiger partial charge in [0, 0.05) is 102 Å². The number of nitrogens with one attached hydrogen (secondary N) is 3. The Morgan fingerprint density at radius 2 is 1.62 bits per heavy atom. The first kappa shape index (κ1) is 44.3. The van der Waals surface area contributed by atoms with Gasteiger partial charge >= 0.3 is 12.0 Å². The van der Waals surface area contributed by atoms with Crippen molar-refractivity contribution in [1.29, 1.82) is 0 Å². The van der Waals surface area contributed by atoms with Gasteiger partial charge in [0.15, 0.2) is 5.82 Å². The molecule has 1 aromatic heterocycles. The monoisotopic (exact) mass is 887 g/mol. The van der Waals surface area contributed by atoms with Gasteiger partial charge in [0.05, 0.1) is 38.3 Å². The summed E-state index contributed by atoms with van der Waals surface area (Å²) in [6.07, 6.45) is 6.51. The lowest BCUT2D eigenvalue weighted by Crippen LogP contribution is -2.50. The number of imide groups is 1. The van der Waals surface area contributed by atoms with Gasteiger partial charge in [0.25, 0.3) is 11.8 Å². The maximum atomic E-state index is 15.0. The number of ether oxygens (including phenoxy) is 2. The van der Waals surface area contributed by atoms with Crippen LogP contribution in [0.25, 0.3) is 0 Å². The maximum absolute atomic E-state index is 15.0. The molecule has 1 aliphatic carbocycles. The van der Waals surface area contributed by atoms with E-state index in [2.05, 4.69) is 35.7 Å². The lowest BCUT2D eigenvalue weighted by molar-refractivity contribution is -0.140. The fraction of sp³-hybridized carbons (Fsp3) is 0.523. The summed E-state index contributed by atoms with van der Waals surface area (Å²) in [4.78, 5) is 82.7. The molecule has 0 bridgehead atoms. The first-order valence-corrected chi connectivity index (χ1v) is 21.9. The van der Waals surface area contributed by atoms with Crippen LogP contribution in [0.1, 0.15) is 61.7 Å². The number of benzene rings is 2. The zero-order valence-corrected chi connectivity index (χ0v) is 36.4. The summed E-state index contributed by atoms with van der Waals surface area (Å²) in [7, 11) is 4.34. The Hall–Kier alpha value is -6.31. The molecule has 0 radical (unpaired) electrons. The molecule has 20 heteroatoms. The Bertz CT molecular complexity index is 2260. The maximum Gasteiger partial charge on any atom is 0.342 e. The zero-order chi connectivity index (χ0) is 45.1. The number of anilines is 6. The van der Waals surface area contributed by atoms with E-state index < -0.39 is 24.4 Å². The summed E-state index contributed by atoms with van der Waals surface area (Å²) in [6, 6.07) is 9.88. The summed E-state index contributed by atoms with van der Waals surface area (Å²) in [5.41, 5.74) is 2.62. The van der Waals surface area contributed by atoms with E-state index in [1.54, 1.807) is 30.2 Å². The number of piperidine rings is 1. The van der Waals surface area contributed by atoms with E-state index >= 15 is 8.78 Å². The molecule has 3 saturated heterocycles. The predicted octanol–water partition coefficient (Wildman–Crippen LogP) is 3.98. The van der Waals surface area contributed by atoms with Gasteiger partial charge < -0.3 is 39.7 Å². The van der Waals surface area contributed by atoms with E-state index in [0.29, 0.717) is 67.3 Å². The van der Waals surface area contributed by atoms with Crippen LogP contribution in [-0.2, 0) is 14.4 Å². The highest BCUT2D eigenvalue weighted by atomic mass is 19.3. The third-order valence-electron chi connectivity index (χ3n) is 12.9. The van der Waals surface area contributed by atoms with Gasteiger partial charge in [-0.15, -0.1) is 0 Å². The summed E-state index contributed by atoms with van der Waals surface area (Å²) < 4.78 is 41.3. The van der Waals surface area contributed by atoms with Crippen LogP contribution in [0.4, 0.5) is 48.1 Å². The lowest BCUT2D eigenvalue weighted by Gasteiger charge is -2.37. The molecular weight excluding hydrogens is 833 g/mol. The van der Waals surface area contributed by atoms with Crippen molar-refractivity contribution in [2.75, 3.05) is 105 Å². The van der Waals surface area contributed by atoms with Crippen LogP contribution in [0.5, 0.6) is 11.5 Å². The van der Waals surface area contributed by atoms with Crippen molar-refractivity contribution in [2.45, 2.75) is 69.4 Å². The molecule has 4 fully saturated rings. The number of rotatable bonds is 12. The van der Waals surface area contributed by atoms with Gasteiger partial charge in [-0.05, 0) is 56.0 Å². The van der Waals surface area contributed by atoms with Crippen molar-refractivity contribution in [2.24, 2.45) is 0 Å². The molecule has 64 heavy (non-hydrogen) atoms. The van der Waals surface area contributed by atoms with Crippen LogP contribution in [-0.4, -0.2) is 148 Å². The predicted molar refractivity (Wildman–Crippen MR) is 235 cm³/mol. The summed E-state index contributed by atoms with van der Waals surface area (Å²) in [6.45, 7) is 4.36. The van der Waals surface area contributed by atoms with Crippen LogP contribution in [0.15, 0.2) is 42.6 Å². The minimum Gasteiger partial charge on any atom is -0.495 e. The number of halogens is 2. The van der Waals surface area contributed by atoms with Crippen molar-refractivity contribution in [3.8, 4) is 11.5 Å². The van der Waals surface area contributed by atoms with Crippen LogP contribution < -0.4 is 45.0 Å². The smallest absolute Gasteiger partial charge is 0.342 e. The number of hydrogen-bond donors (Lipinski definition) is 3. The molecule has 18 nitrogen and oxygen atoms in total. The average Bonchev–Trinajstić information content (AvgIpc) is 3.83. The number of aromatic nitrogens is 2. The van der Waals surface area contributed by atoms with Gasteiger partial charge in [-0.1, -0.05) is 12.8 Å². The quantitative estimate of drug-likeness (QED) is 0.238. The average molecular weight is 888 g/mol. The van der Waals surface area contributed by atoms with Crippen LogP contribution in [0.3, 0.4) is 0 Å². The van der Waals surface area contributed by atoms with Crippen LogP contribution in [0, 0.1) is 0 Å². The molecule has 3 N–H and O–H groups in total. The molecule has 0 spiro atoms. The number of alkyl halides is 2. The minimum absolute atomic E-state index is 0.0898. The molecular formula is C44H55F2N11O7.